The minimum absolute atomic E-state index is 0.159. The van der Waals surface area contributed by atoms with E-state index in [1.54, 1.807) is 12.1 Å². The number of benzene rings is 1. The Morgan fingerprint density at radius 1 is 1.21 bits per heavy atom. The molecule has 3 rings (SSSR count). The Kier molecular flexibility index (Phi) is 3.50. The molecule has 1 amide bonds. The summed E-state index contributed by atoms with van der Waals surface area (Å²) >= 11 is 5.83. The molecule has 1 aromatic carbocycles. The van der Waals surface area contributed by atoms with Crippen LogP contribution in [0.1, 0.15) is 25.7 Å². The molecule has 2 fully saturated rings. The molecule has 0 radical (unpaired) electrons. The number of nitrogens with one attached hydrogen (secondary N) is 2. The molecule has 2 N–H and O–H groups in total. The molecule has 1 heterocycles. The maximum Gasteiger partial charge on any atom is 0.227 e. The zero-order valence-corrected chi connectivity index (χ0v) is 11.7. The predicted molar refractivity (Wildman–Crippen MR) is 77.3 cm³/mol. The summed E-state index contributed by atoms with van der Waals surface area (Å²) in [6.07, 6.45) is 4.54. The number of carbonyl (C=O) groups is 1. The summed E-state index contributed by atoms with van der Waals surface area (Å²) in [5.74, 6) is 0.347. The molecular formula is C15H19ClN2O. The van der Waals surface area contributed by atoms with Crippen molar-refractivity contribution < 1.29 is 4.79 Å². The van der Waals surface area contributed by atoms with E-state index in [4.69, 9.17) is 11.6 Å². The molecule has 4 heteroatoms. The van der Waals surface area contributed by atoms with Crippen molar-refractivity contribution in [3.63, 3.8) is 0 Å². The molecule has 0 aromatic heterocycles. The summed E-state index contributed by atoms with van der Waals surface area (Å²) in [6.45, 7) is 2.21. The first-order valence-electron chi connectivity index (χ1n) is 6.94. The number of amides is 1. The van der Waals surface area contributed by atoms with Crippen LogP contribution in [-0.2, 0) is 4.79 Å². The Morgan fingerprint density at radius 3 is 2.47 bits per heavy atom. The number of anilines is 1. The van der Waals surface area contributed by atoms with E-state index in [9.17, 15) is 4.79 Å². The van der Waals surface area contributed by atoms with E-state index in [-0.39, 0.29) is 11.8 Å². The highest BCUT2D eigenvalue weighted by Gasteiger charge is 2.47. The van der Waals surface area contributed by atoms with Gasteiger partial charge in [0, 0.05) is 16.6 Å². The number of rotatable bonds is 2. The van der Waals surface area contributed by atoms with E-state index < -0.39 is 0 Å². The van der Waals surface area contributed by atoms with Crippen LogP contribution >= 0.6 is 11.6 Å². The number of carbonyl (C=O) groups excluding carboxylic acids is 1. The van der Waals surface area contributed by atoms with E-state index in [2.05, 4.69) is 10.6 Å². The monoisotopic (exact) mass is 278 g/mol. The van der Waals surface area contributed by atoms with Crippen LogP contribution in [0.25, 0.3) is 0 Å². The van der Waals surface area contributed by atoms with Gasteiger partial charge in [0.25, 0.3) is 0 Å². The molecule has 2 aliphatic rings. The molecule has 102 valence electrons. The Hall–Kier alpha value is -1.06. The van der Waals surface area contributed by atoms with Crippen molar-refractivity contribution in [3.05, 3.63) is 29.3 Å². The fourth-order valence-electron chi connectivity index (χ4n) is 3.31. The van der Waals surface area contributed by atoms with Gasteiger partial charge in [0.1, 0.15) is 0 Å². The second kappa shape index (κ2) is 5.14. The lowest BCUT2D eigenvalue weighted by molar-refractivity contribution is -0.128. The third-order valence-corrected chi connectivity index (χ3v) is 4.76. The molecule has 1 saturated carbocycles. The molecule has 1 aliphatic carbocycles. The zero-order chi connectivity index (χ0) is 13.3. The summed E-state index contributed by atoms with van der Waals surface area (Å²) < 4.78 is 0. The average Bonchev–Trinajstić information content (AvgIpc) is 2.39. The van der Waals surface area contributed by atoms with Crippen LogP contribution in [-0.4, -0.2) is 19.0 Å². The predicted octanol–water partition coefficient (Wildman–Crippen LogP) is 3.06. The van der Waals surface area contributed by atoms with Crippen LogP contribution in [0.4, 0.5) is 5.69 Å². The van der Waals surface area contributed by atoms with Crippen molar-refractivity contribution >= 4 is 23.2 Å². The number of piperidine rings is 1. The molecule has 3 nitrogen and oxygen atoms in total. The van der Waals surface area contributed by atoms with E-state index in [1.165, 1.54) is 12.8 Å². The smallest absolute Gasteiger partial charge is 0.227 e. The zero-order valence-electron chi connectivity index (χ0n) is 10.9. The third kappa shape index (κ3) is 2.77. The molecule has 0 unspecified atom stereocenters. The first kappa shape index (κ1) is 12.9. The number of hydrogen-bond acceptors (Lipinski definition) is 2. The minimum atomic E-state index is 0.159. The van der Waals surface area contributed by atoms with Gasteiger partial charge in [0.05, 0.1) is 0 Å². The molecule has 1 saturated heterocycles. The summed E-state index contributed by atoms with van der Waals surface area (Å²) in [5.41, 5.74) is 1.29. The standard InChI is InChI=1S/C15H19ClN2O/c16-12-1-3-13(4-2-12)18-14(19)11-9-15(10-11)5-7-17-8-6-15/h1-4,11,17H,5-10H2,(H,18,19). The first-order chi connectivity index (χ1) is 9.17. The molecular weight excluding hydrogens is 260 g/mol. The number of halogens is 1. The van der Waals surface area contributed by atoms with Crippen molar-refractivity contribution in [2.45, 2.75) is 25.7 Å². The molecule has 1 spiro atoms. The highest BCUT2D eigenvalue weighted by molar-refractivity contribution is 6.30. The Bertz CT molecular complexity index is 458. The topological polar surface area (TPSA) is 41.1 Å². The highest BCUT2D eigenvalue weighted by atomic mass is 35.5. The lowest BCUT2D eigenvalue weighted by Gasteiger charge is -2.49. The van der Waals surface area contributed by atoms with Crippen molar-refractivity contribution in [1.82, 2.24) is 5.32 Å². The van der Waals surface area contributed by atoms with E-state index in [1.807, 2.05) is 12.1 Å². The third-order valence-electron chi connectivity index (χ3n) is 4.51. The summed E-state index contributed by atoms with van der Waals surface area (Å²) in [5, 5.41) is 7.05. The Labute approximate surface area is 118 Å². The lowest BCUT2D eigenvalue weighted by atomic mass is 9.57. The minimum Gasteiger partial charge on any atom is -0.326 e. The van der Waals surface area contributed by atoms with Crippen LogP contribution < -0.4 is 10.6 Å². The van der Waals surface area contributed by atoms with Crippen molar-refractivity contribution in [1.29, 1.82) is 0 Å². The van der Waals surface area contributed by atoms with Gasteiger partial charge in [0.2, 0.25) is 5.91 Å². The summed E-state index contributed by atoms with van der Waals surface area (Å²) in [7, 11) is 0. The summed E-state index contributed by atoms with van der Waals surface area (Å²) in [4.78, 5) is 12.1. The second-order valence-corrected chi connectivity index (χ2v) is 6.29. The maximum atomic E-state index is 12.1. The van der Waals surface area contributed by atoms with Gasteiger partial charge in [-0.3, -0.25) is 4.79 Å². The normalized spacial score (nSPS) is 21.9. The van der Waals surface area contributed by atoms with E-state index in [0.29, 0.717) is 10.4 Å². The SMILES string of the molecule is O=C(Nc1ccc(Cl)cc1)C1CC2(CCNCC2)C1. The van der Waals surface area contributed by atoms with Crippen LogP contribution in [0.5, 0.6) is 0 Å². The highest BCUT2D eigenvalue weighted by Crippen LogP contribution is 2.51. The maximum absolute atomic E-state index is 12.1. The van der Waals surface area contributed by atoms with Crippen molar-refractivity contribution in [3.8, 4) is 0 Å². The van der Waals surface area contributed by atoms with Crippen LogP contribution in [0.2, 0.25) is 5.02 Å². The fourth-order valence-corrected chi connectivity index (χ4v) is 3.44. The van der Waals surface area contributed by atoms with Gasteiger partial charge in [-0.1, -0.05) is 11.6 Å². The van der Waals surface area contributed by atoms with Crippen LogP contribution in [0, 0.1) is 11.3 Å². The lowest BCUT2D eigenvalue weighted by Crippen LogP contribution is -2.48. The summed E-state index contributed by atoms with van der Waals surface area (Å²) in [6, 6.07) is 7.29. The molecule has 1 aliphatic heterocycles. The van der Waals surface area contributed by atoms with Crippen LogP contribution in [0.3, 0.4) is 0 Å². The number of hydrogen-bond donors (Lipinski definition) is 2. The first-order valence-corrected chi connectivity index (χ1v) is 7.32. The van der Waals surface area contributed by atoms with Crippen molar-refractivity contribution in [2.75, 3.05) is 18.4 Å². The molecule has 1 aromatic rings. The van der Waals surface area contributed by atoms with Gasteiger partial charge >= 0.3 is 0 Å². The largest absolute Gasteiger partial charge is 0.326 e. The molecule has 0 bridgehead atoms. The van der Waals surface area contributed by atoms with Gasteiger partial charge < -0.3 is 10.6 Å². The Morgan fingerprint density at radius 2 is 1.84 bits per heavy atom. The van der Waals surface area contributed by atoms with Crippen molar-refractivity contribution in [2.24, 2.45) is 11.3 Å². The second-order valence-electron chi connectivity index (χ2n) is 5.85. The quantitative estimate of drug-likeness (QED) is 0.873. The van der Waals surface area contributed by atoms with Gasteiger partial charge in [-0.15, -0.1) is 0 Å². The molecule has 19 heavy (non-hydrogen) atoms. The molecule has 0 atom stereocenters. The van der Waals surface area contributed by atoms with Gasteiger partial charge in [-0.2, -0.15) is 0 Å². The van der Waals surface area contributed by atoms with E-state index >= 15 is 0 Å². The van der Waals surface area contributed by atoms with Gasteiger partial charge in [-0.05, 0) is 68.5 Å². The van der Waals surface area contributed by atoms with Gasteiger partial charge in [0.15, 0.2) is 0 Å². The Balaban J connectivity index is 1.54. The fraction of sp³-hybridized carbons (Fsp3) is 0.533. The van der Waals surface area contributed by atoms with E-state index in [0.717, 1.165) is 31.6 Å². The van der Waals surface area contributed by atoms with Crippen LogP contribution in [0.15, 0.2) is 24.3 Å². The average molecular weight is 279 g/mol. The van der Waals surface area contributed by atoms with Gasteiger partial charge in [-0.25, -0.2) is 0 Å².